The second-order valence-corrected chi connectivity index (χ2v) is 3.30. The number of nitrogens with zero attached hydrogens (tertiary/aromatic N) is 1. The van der Waals surface area contributed by atoms with Crippen molar-refractivity contribution in [3.05, 3.63) is 41.4 Å². The van der Waals surface area contributed by atoms with Gasteiger partial charge in [0.15, 0.2) is 0 Å². The predicted octanol–water partition coefficient (Wildman–Crippen LogP) is 1.19. The number of amides is 1. The van der Waals surface area contributed by atoms with Gasteiger partial charge in [0, 0.05) is 17.2 Å². The minimum absolute atomic E-state index is 0.382. The van der Waals surface area contributed by atoms with E-state index in [1.807, 2.05) is 0 Å². The van der Waals surface area contributed by atoms with E-state index in [9.17, 15) is 9.59 Å². The third-order valence-electron chi connectivity index (χ3n) is 1.69. The van der Waals surface area contributed by atoms with Crippen molar-refractivity contribution in [2.45, 2.75) is 0 Å². The molecule has 1 aromatic rings. The van der Waals surface area contributed by atoms with E-state index in [1.54, 1.807) is 18.2 Å². The molecular weight excluding hydrogens is 232 g/mol. The number of carbonyl (C=O) groups is 2. The zero-order chi connectivity index (χ0) is 12.1. The van der Waals surface area contributed by atoms with Crippen molar-refractivity contribution in [1.82, 2.24) is 0 Å². The van der Waals surface area contributed by atoms with E-state index in [1.165, 1.54) is 6.07 Å². The van der Waals surface area contributed by atoms with Gasteiger partial charge in [0.1, 0.15) is 0 Å². The molecule has 0 aliphatic heterocycles. The molecule has 1 amide bonds. The Labute approximate surface area is 96.7 Å². The summed E-state index contributed by atoms with van der Waals surface area (Å²) in [5, 5.41) is 9.58. The number of carbonyl (C=O) groups excluding carboxylic acids is 1. The van der Waals surface area contributed by atoms with E-state index < -0.39 is 11.9 Å². The fraction of sp³-hybridized carbons (Fsp3) is 0. The first-order valence-corrected chi connectivity index (χ1v) is 4.64. The zero-order valence-corrected chi connectivity index (χ0v) is 8.89. The van der Waals surface area contributed by atoms with Crippen molar-refractivity contribution < 1.29 is 14.7 Å². The third-order valence-corrected chi connectivity index (χ3v) is 1.93. The Morgan fingerprint density at radius 3 is 2.62 bits per heavy atom. The first-order valence-electron chi connectivity index (χ1n) is 4.26. The minimum atomic E-state index is -1.21. The minimum Gasteiger partial charge on any atom is -0.478 e. The number of hydrogen-bond donors (Lipinski definition) is 2. The van der Waals surface area contributed by atoms with Gasteiger partial charge in [-0.05, 0) is 18.2 Å². The summed E-state index contributed by atoms with van der Waals surface area (Å²) >= 11 is 5.72. The molecule has 6 heteroatoms. The Morgan fingerprint density at radius 2 is 2.06 bits per heavy atom. The highest BCUT2D eigenvalue weighted by molar-refractivity contribution is 6.30. The molecule has 0 heterocycles. The molecule has 0 saturated carbocycles. The molecule has 0 aliphatic carbocycles. The Morgan fingerprint density at radius 1 is 1.38 bits per heavy atom. The lowest BCUT2D eigenvalue weighted by Crippen LogP contribution is -2.36. The largest absolute Gasteiger partial charge is 0.478 e. The lowest BCUT2D eigenvalue weighted by molar-refractivity contribution is -0.131. The van der Waals surface area contributed by atoms with Gasteiger partial charge in [-0.2, -0.15) is 0 Å². The molecule has 5 nitrogen and oxygen atoms in total. The van der Waals surface area contributed by atoms with Crippen molar-refractivity contribution >= 4 is 29.2 Å². The predicted molar refractivity (Wildman–Crippen MR) is 59.9 cm³/mol. The standard InChI is InChI=1S/C10H9ClN2O3/c11-7-2-1-3-8(6-7)13(12)9(14)4-5-10(15)16/h1-6H,12H2,(H,15,16)/b5-4-. The number of rotatable bonds is 3. The Bertz CT molecular complexity index is 445. The monoisotopic (exact) mass is 240 g/mol. The summed E-state index contributed by atoms with van der Waals surface area (Å²) in [6.07, 6.45) is 1.58. The van der Waals surface area contributed by atoms with Crippen LogP contribution < -0.4 is 10.9 Å². The molecule has 16 heavy (non-hydrogen) atoms. The molecule has 0 spiro atoms. The maximum atomic E-state index is 11.4. The van der Waals surface area contributed by atoms with Crippen LogP contribution >= 0.6 is 11.6 Å². The lowest BCUT2D eigenvalue weighted by Gasteiger charge is -2.14. The first-order chi connectivity index (χ1) is 7.50. The average Bonchev–Trinajstić information content (AvgIpc) is 2.24. The highest BCUT2D eigenvalue weighted by Gasteiger charge is 2.08. The van der Waals surface area contributed by atoms with Crippen LogP contribution in [0.25, 0.3) is 0 Å². The van der Waals surface area contributed by atoms with Crippen LogP contribution in [0.5, 0.6) is 0 Å². The second kappa shape index (κ2) is 5.29. The van der Waals surface area contributed by atoms with E-state index in [2.05, 4.69) is 0 Å². The third kappa shape index (κ3) is 3.38. The van der Waals surface area contributed by atoms with Crippen molar-refractivity contribution in [3.8, 4) is 0 Å². The molecule has 1 aromatic carbocycles. The maximum absolute atomic E-state index is 11.4. The molecule has 0 saturated heterocycles. The van der Waals surface area contributed by atoms with Crippen molar-refractivity contribution in [2.24, 2.45) is 5.84 Å². The summed E-state index contributed by atoms with van der Waals surface area (Å²) in [6, 6.07) is 6.34. The molecule has 0 atom stereocenters. The van der Waals surface area contributed by atoms with E-state index in [-0.39, 0.29) is 0 Å². The number of anilines is 1. The average molecular weight is 241 g/mol. The van der Waals surface area contributed by atoms with Crippen LogP contribution in [-0.4, -0.2) is 17.0 Å². The molecule has 1 rings (SSSR count). The van der Waals surface area contributed by atoms with Crippen molar-refractivity contribution in [3.63, 3.8) is 0 Å². The van der Waals surface area contributed by atoms with Crippen LogP contribution in [0.3, 0.4) is 0 Å². The summed E-state index contributed by atoms with van der Waals surface area (Å²) < 4.78 is 0. The van der Waals surface area contributed by atoms with E-state index in [4.69, 9.17) is 22.6 Å². The summed E-state index contributed by atoms with van der Waals surface area (Å²) in [6.45, 7) is 0. The van der Waals surface area contributed by atoms with E-state index in [0.717, 1.165) is 11.1 Å². The van der Waals surface area contributed by atoms with Gasteiger partial charge in [-0.3, -0.25) is 4.79 Å². The lowest BCUT2D eigenvalue weighted by atomic mass is 10.3. The SMILES string of the molecule is NN(C(=O)/C=C\C(=O)O)c1cccc(Cl)c1. The topological polar surface area (TPSA) is 83.6 Å². The summed E-state index contributed by atoms with van der Waals surface area (Å²) in [4.78, 5) is 21.6. The Balaban J connectivity index is 2.82. The summed E-state index contributed by atoms with van der Waals surface area (Å²) in [7, 11) is 0. The van der Waals surface area contributed by atoms with Crippen LogP contribution in [0, 0.1) is 0 Å². The van der Waals surface area contributed by atoms with Crippen molar-refractivity contribution in [1.29, 1.82) is 0 Å². The van der Waals surface area contributed by atoms with Gasteiger partial charge in [-0.15, -0.1) is 0 Å². The molecule has 0 radical (unpaired) electrons. The number of carboxylic acid groups (broad SMARTS) is 1. The van der Waals surface area contributed by atoms with Crippen LogP contribution in [0.15, 0.2) is 36.4 Å². The normalized spacial score (nSPS) is 10.4. The Hall–Kier alpha value is -1.85. The summed E-state index contributed by atoms with van der Waals surface area (Å²) in [5.41, 5.74) is 0.382. The molecule has 0 fully saturated rings. The van der Waals surface area contributed by atoms with Gasteiger partial charge in [-0.1, -0.05) is 17.7 Å². The highest BCUT2D eigenvalue weighted by atomic mass is 35.5. The molecule has 0 aliphatic rings. The number of nitrogens with two attached hydrogens (primary N) is 1. The first kappa shape index (κ1) is 12.2. The highest BCUT2D eigenvalue weighted by Crippen LogP contribution is 2.17. The maximum Gasteiger partial charge on any atom is 0.328 e. The molecule has 84 valence electrons. The molecule has 0 unspecified atom stereocenters. The smallest absolute Gasteiger partial charge is 0.328 e. The van der Waals surface area contributed by atoms with Gasteiger partial charge in [0.05, 0.1) is 5.69 Å². The fourth-order valence-electron chi connectivity index (χ4n) is 0.976. The summed E-state index contributed by atoms with van der Waals surface area (Å²) in [5.74, 6) is 3.61. The number of carboxylic acids is 1. The molecular formula is C10H9ClN2O3. The van der Waals surface area contributed by atoms with Crippen LogP contribution in [0.2, 0.25) is 5.02 Å². The number of aliphatic carboxylic acids is 1. The van der Waals surface area contributed by atoms with Crippen LogP contribution in [0.1, 0.15) is 0 Å². The zero-order valence-electron chi connectivity index (χ0n) is 8.13. The number of hydrogen-bond acceptors (Lipinski definition) is 3. The molecule has 0 bridgehead atoms. The number of halogens is 1. The number of hydrazine groups is 1. The van der Waals surface area contributed by atoms with E-state index in [0.29, 0.717) is 16.8 Å². The quantitative estimate of drug-likeness (QED) is 0.360. The van der Waals surface area contributed by atoms with Gasteiger partial charge >= 0.3 is 5.97 Å². The van der Waals surface area contributed by atoms with Crippen molar-refractivity contribution in [2.75, 3.05) is 5.01 Å². The van der Waals surface area contributed by atoms with Gasteiger partial charge < -0.3 is 5.11 Å². The Kier molecular flexibility index (Phi) is 4.04. The number of benzene rings is 1. The van der Waals surface area contributed by atoms with Gasteiger partial charge in [0.2, 0.25) is 0 Å². The second-order valence-electron chi connectivity index (χ2n) is 2.86. The van der Waals surface area contributed by atoms with Crippen LogP contribution in [0.4, 0.5) is 5.69 Å². The van der Waals surface area contributed by atoms with Gasteiger partial charge in [0.25, 0.3) is 5.91 Å². The molecule has 0 aromatic heterocycles. The molecule has 3 N–H and O–H groups in total. The van der Waals surface area contributed by atoms with Crippen LogP contribution in [-0.2, 0) is 9.59 Å². The van der Waals surface area contributed by atoms with E-state index >= 15 is 0 Å². The van der Waals surface area contributed by atoms with Gasteiger partial charge in [-0.25, -0.2) is 15.6 Å². The fourth-order valence-corrected chi connectivity index (χ4v) is 1.16.